The number of ether oxygens (including phenoxy) is 4. The van der Waals surface area contributed by atoms with Gasteiger partial charge >= 0.3 is 0 Å². The molecule has 1 N–H and O–H groups in total. The van der Waals surface area contributed by atoms with Crippen molar-refractivity contribution in [2.75, 3.05) is 45.9 Å². The zero-order valence-electron chi connectivity index (χ0n) is 17.6. The molecule has 2 aromatic carbocycles. The van der Waals surface area contributed by atoms with Crippen LogP contribution in [0.5, 0.6) is 23.0 Å². The van der Waals surface area contributed by atoms with Crippen LogP contribution in [0.15, 0.2) is 36.4 Å². The Morgan fingerprint density at radius 1 is 1.10 bits per heavy atom. The lowest BCUT2D eigenvalue weighted by molar-refractivity contribution is -0.126. The van der Waals surface area contributed by atoms with E-state index in [4.69, 9.17) is 18.9 Å². The number of para-hydroxylation sites is 1. The summed E-state index contributed by atoms with van der Waals surface area (Å²) in [6, 6.07) is 9.39. The number of halogens is 1. The number of methoxy groups -OCH3 is 3. The molecule has 2 aromatic rings. The molecule has 0 aromatic heterocycles. The maximum absolute atomic E-state index is 13.5. The van der Waals surface area contributed by atoms with E-state index in [0.29, 0.717) is 22.9 Å². The van der Waals surface area contributed by atoms with Gasteiger partial charge in [-0.25, -0.2) is 4.39 Å². The standard InChI is InChI=1S/C22H25FN2O6/c1-28-18-11-15(12-19(29-2)21(18)30-3)25-13-14(10-20(25)26)22(27)24-8-9-31-17-7-5-4-6-16(17)23/h4-7,11-12,14H,8-10,13H2,1-3H3,(H,24,27). The molecule has 1 aliphatic heterocycles. The number of hydrogen-bond donors (Lipinski definition) is 1. The fourth-order valence-corrected chi connectivity index (χ4v) is 3.40. The first-order valence-corrected chi connectivity index (χ1v) is 9.73. The summed E-state index contributed by atoms with van der Waals surface area (Å²) in [5.74, 6) is -0.0367. The second-order valence-corrected chi connectivity index (χ2v) is 6.86. The first-order chi connectivity index (χ1) is 15.0. The van der Waals surface area contributed by atoms with Crippen LogP contribution in [-0.2, 0) is 9.59 Å². The molecule has 0 radical (unpaired) electrons. The van der Waals surface area contributed by atoms with Gasteiger partial charge in [0, 0.05) is 25.1 Å². The SMILES string of the molecule is COc1cc(N2CC(C(=O)NCCOc3ccccc3F)CC2=O)cc(OC)c1OC. The van der Waals surface area contributed by atoms with Gasteiger partial charge in [0.2, 0.25) is 17.6 Å². The molecule has 1 saturated heterocycles. The van der Waals surface area contributed by atoms with Crippen molar-refractivity contribution in [1.29, 1.82) is 0 Å². The quantitative estimate of drug-likeness (QED) is 0.613. The number of anilines is 1. The first-order valence-electron chi connectivity index (χ1n) is 9.73. The normalized spacial score (nSPS) is 15.5. The molecule has 3 rings (SSSR count). The smallest absolute Gasteiger partial charge is 0.227 e. The number of carbonyl (C=O) groups is 2. The summed E-state index contributed by atoms with van der Waals surface area (Å²) < 4.78 is 34.8. The molecule has 31 heavy (non-hydrogen) atoms. The second-order valence-electron chi connectivity index (χ2n) is 6.86. The second kappa shape index (κ2) is 10.0. The van der Waals surface area contributed by atoms with Crippen LogP contribution in [0.3, 0.4) is 0 Å². The predicted molar refractivity (Wildman–Crippen MR) is 111 cm³/mol. The fourth-order valence-electron chi connectivity index (χ4n) is 3.40. The molecule has 0 bridgehead atoms. The summed E-state index contributed by atoms with van der Waals surface area (Å²) in [6.45, 7) is 0.531. The van der Waals surface area contributed by atoms with Crippen LogP contribution >= 0.6 is 0 Å². The Balaban J connectivity index is 1.59. The largest absolute Gasteiger partial charge is 0.493 e. The van der Waals surface area contributed by atoms with Crippen molar-refractivity contribution in [3.05, 3.63) is 42.2 Å². The van der Waals surface area contributed by atoms with Gasteiger partial charge in [-0.15, -0.1) is 0 Å². The molecule has 1 aliphatic rings. The number of nitrogens with zero attached hydrogens (tertiary/aromatic N) is 1. The van der Waals surface area contributed by atoms with Crippen molar-refractivity contribution in [3.8, 4) is 23.0 Å². The number of benzene rings is 2. The summed E-state index contributed by atoms with van der Waals surface area (Å²) in [5.41, 5.74) is 0.553. The van der Waals surface area contributed by atoms with Crippen molar-refractivity contribution in [3.63, 3.8) is 0 Å². The highest BCUT2D eigenvalue weighted by Crippen LogP contribution is 2.42. The van der Waals surface area contributed by atoms with Gasteiger partial charge in [0.1, 0.15) is 6.61 Å². The van der Waals surface area contributed by atoms with Crippen LogP contribution in [0, 0.1) is 11.7 Å². The zero-order valence-corrected chi connectivity index (χ0v) is 17.6. The van der Waals surface area contributed by atoms with Gasteiger partial charge in [-0.1, -0.05) is 12.1 Å². The van der Waals surface area contributed by atoms with E-state index in [1.165, 1.54) is 38.4 Å². The molecule has 166 valence electrons. The number of rotatable bonds is 9. The highest BCUT2D eigenvalue weighted by molar-refractivity contribution is 6.00. The molecule has 1 fully saturated rings. The van der Waals surface area contributed by atoms with E-state index in [9.17, 15) is 14.0 Å². The summed E-state index contributed by atoms with van der Waals surface area (Å²) in [7, 11) is 4.48. The van der Waals surface area contributed by atoms with Crippen molar-refractivity contribution >= 4 is 17.5 Å². The van der Waals surface area contributed by atoms with Crippen LogP contribution in [0.4, 0.5) is 10.1 Å². The summed E-state index contributed by atoms with van der Waals surface area (Å²) >= 11 is 0. The lowest BCUT2D eigenvalue weighted by Crippen LogP contribution is -2.35. The van der Waals surface area contributed by atoms with Gasteiger partial charge in [0.25, 0.3) is 0 Å². The van der Waals surface area contributed by atoms with Crippen molar-refractivity contribution < 1.29 is 32.9 Å². The minimum Gasteiger partial charge on any atom is -0.493 e. The van der Waals surface area contributed by atoms with E-state index in [-0.39, 0.29) is 43.7 Å². The monoisotopic (exact) mass is 432 g/mol. The van der Waals surface area contributed by atoms with Crippen LogP contribution in [0.1, 0.15) is 6.42 Å². The third-order valence-corrected chi connectivity index (χ3v) is 4.95. The molecule has 9 heteroatoms. The van der Waals surface area contributed by atoms with Crippen LogP contribution in [0.25, 0.3) is 0 Å². The maximum Gasteiger partial charge on any atom is 0.227 e. The molecule has 8 nitrogen and oxygen atoms in total. The van der Waals surface area contributed by atoms with Crippen molar-refractivity contribution in [1.82, 2.24) is 5.32 Å². The minimum atomic E-state index is -0.514. The zero-order chi connectivity index (χ0) is 22.4. The molecule has 0 saturated carbocycles. The lowest BCUT2D eigenvalue weighted by Gasteiger charge is -2.20. The highest BCUT2D eigenvalue weighted by Gasteiger charge is 2.35. The molecule has 1 atom stereocenters. The van der Waals surface area contributed by atoms with Gasteiger partial charge < -0.3 is 29.2 Å². The maximum atomic E-state index is 13.5. The van der Waals surface area contributed by atoms with Gasteiger partial charge in [-0.3, -0.25) is 9.59 Å². The summed E-state index contributed by atoms with van der Waals surface area (Å²) in [5, 5.41) is 2.74. The molecular weight excluding hydrogens is 407 g/mol. The van der Waals surface area contributed by atoms with E-state index < -0.39 is 11.7 Å². The van der Waals surface area contributed by atoms with Crippen LogP contribution in [-0.4, -0.2) is 52.8 Å². The summed E-state index contributed by atoms with van der Waals surface area (Å²) in [6.07, 6.45) is 0.0800. The molecule has 0 spiro atoms. The Kier molecular flexibility index (Phi) is 7.17. The third-order valence-electron chi connectivity index (χ3n) is 4.95. The van der Waals surface area contributed by atoms with Gasteiger partial charge in [0.05, 0.1) is 39.5 Å². The highest BCUT2D eigenvalue weighted by atomic mass is 19.1. The molecule has 1 heterocycles. The van der Waals surface area contributed by atoms with Crippen molar-refractivity contribution in [2.45, 2.75) is 6.42 Å². The Labute approximate surface area is 179 Å². The van der Waals surface area contributed by atoms with Gasteiger partial charge in [0.15, 0.2) is 23.1 Å². The Hall–Kier alpha value is -3.49. The first kappa shape index (κ1) is 22.2. The fraction of sp³-hybridized carbons (Fsp3) is 0.364. The van der Waals surface area contributed by atoms with Gasteiger partial charge in [-0.2, -0.15) is 0 Å². The van der Waals surface area contributed by atoms with E-state index >= 15 is 0 Å². The van der Waals surface area contributed by atoms with Gasteiger partial charge in [-0.05, 0) is 12.1 Å². The summed E-state index contributed by atoms with van der Waals surface area (Å²) in [4.78, 5) is 26.6. The minimum absolute atomic E-state index is 0.0800. The number of carbonyl (C=O) groups excluding carboxylic acids is 2. The molecule has 0 aliphatic carbocycles. The van der Waals surface area contributed by atoms with Crippen LogP contribution in [0.2, 0.25) is 0 Å². The Bertz CT molecular complexity index is 926. The van der Waals surface area contributed by atoms with E-state index in [0.717, 1.165) is 0 Å². The van der Waals surface area contributed by atoms with E-state index in [1.54, 1.807) is 24.3 Å². The van der Waals surface area contributed by atoms with E-state index in [1.807, 2.05) is 0 Å². The Morgan fingerprint density at radius 2 is 1.77 bits per heavy atom. The Morgan fingerprint density at radius 3 is 2.39 bits per heavy atom. The van der Waals surface area contributed by atoms with E-state index in [2.05, 4.69) is 5.32 Å². The lowest BCUT2D eigenvalue weighted by atomic mass is 10.1. The average Bonchev–Trinajstić information content (AvgIpc) is 3.18. The molecule has 2 amide bonds. The average molecular weight is 432 g/mol. The number of amides is 2. The number of hydrogen-bond acceptors (Lipinski definition) is 6. The van der Waals surface area contributed by atoms with Crippen molar-refractivity contribution in [2.24, 2.45) is 5.92 Å². The molecule has 1 unspecified atom stereocenters. The molecular formula is C22H25FN2O6. The topological polar surface area (TPSA) is 86.3 Å². The third kappa shape index (κ3) is 4.99. The van der Waals surface area contributed by atoms with Crippen LogP contribution < -0.4 is 29.2 Å². The predicted octanol–water partition coefficient (Wildman–Crippen LogP) is 2.40. The number of nitrogens with one attached hydrogen (secondary N) is 1.